The molecule has 0 atom stereocenters. The van der Waals surface area contributed by atoms with Crippen molar-refractivity contribution in [3.63, 3.8) is 0 Å². The first-order chi connectivity index (χ1) is 21.6. The number of halogens is 7. The van der Waals surface area contributed by atoms with Crippen LogP contribution in [0.3, 0.4) is 0 Å². The third kappa shape index (κ3) is 7.79. The maximum absolute atomic E-state index is 14.0. The average Bonchev–Trinajstić information content (AvgIpc) is 2.98. The molecule has 0 radical (unpaired) electrons. The van der Waals surface area contributed by atoms with E-state index in [-0.39, 0.29) is 17.9 Å². The summed E-state index contributed by atoms with van der Waals surface area (Å²) >= 11 is 0. The quantitative estimate of drug-likeness (QED) is 0.223. The summed E-state index contributed by atoms with van der Waals surface area (Å²) in [6.45, 7) is 7.23. The van der Waals surface area contributed by atoms with E-state index in [9.17, 15) is 45.4 Å². The van der Waals surface area contributed by atoms with Gasteiger partial charge in [-0.25, -0.2) is 4.39 Å². The maximum atomic E-state index is 14.0. The number of nitrogens with one attached hydrogen (secondary N) is 1. The number of carbonyl (C=O) groups excluding carboxylic acids is 1. The lowest BCUT2D eigenvalue weighted by atomic mass is 9.68. The Balaban J connectivity index is 1.64. The van der Waals surface area contributed by atoms with Gasteiger partial charge in [-0.1, -0.05) is 6.07 Å². The minimum absolute atomic E-state index is 0.00518. The lowest BCUT2D eigenvalue weighted by Gasteiger charge is -2.36. The molecule has 0 spiro atoms. The van der Waals surface area contributed by atoms with Crippen LogP contribution in [-0.4, -0.2) is 28.4 Å². The number of nitrogens with zero attached hydrogens (tertiary/aromatic N) is 1. The molecule has 254 valence electrons. The number of Topliss-reactive ketones (excluding diaryl/α,β-unsaturated/α-hetero) is 1. The van der Waals surface area contributed by atoms with Gasteiger partial charge in [0, 0.05) is 17.2 Å². The molecular formula is C35H37F7N2O3. The summed E-state index contributed by atoms with van der Waals surface area (Å²) in [5.41, 5.74) is -3.15. The molecule has 4 rings (SSSR count). The van der Waals surface area contributed by atoms with E-state index in [2.05, 4.69) is 10.3 Å². The van der Waals surface area contributed by atoms with Gasteiger partial charge in [0.15, 0.2) is 5.78 Å². The van der Waals surface area contributed by atoms with E-state index < -0.39 is 64.0 Å². The molecule has 0 aliphatic heterocycles. The molecule has 0 bridgehead atoms. The molecule has 1 saturated carbocycles. The zero-order chi connectivity index (χ0) is 35.1. The zero-order valence-corrected chi connectivity index (χ0v) is 26.7. The molecule has 1 aromatic heterocycles. The summed E-state index contributed by atoms with van der Waals surface area (Å²) in [6.07, 6.45) is -5.84. The average molecular weight is 667 g/mol. The topological polar surface area (TPSA) is 79.3 Å². The smallest absolute Gasteiger partial charge is 0.416 e. The number of pyridine rings is 1. The molecule has 0 amide bonds. The third-order valence-corrected chi connectivity index (χ3v) is 9.57. The van der Waals surface area contributed by atoms with Gasteiger partial charge in [0.25, 0.3) is 0 Å². The second kappa shape index (κ2) is 12.9. The molecule has 3 aromatic rings. The first kappa shape index (κ1) is 35.9. The Morgan fingerprint density at radius 1 is 0.830 bits per heavy atom. The maximum Gasteiger partial charge on any atom is 0.416 e. The van der Waals surface area contributed by atoms with E-state index in [0.29, 0.717) is 60.2 Å². The Bertz CT molecular complexity index is 1620. The Labute approximate surface area is 268 Å². The van der Waals surface area contributed by atoms with E-state index in [4.69, 9.17) is 0 Å². The summed E-state index contributed by atoms with van der Waals surface area (Å²) in [7, 11) is 0. The summed E-state index contributed by atoms with van der Waals surface area (Å²) in [5, 5.41) is 12.6. The highest BCUT2D eigenvalue weighted by Crippen LogP contribution is 2.45. The molecule has 1 heterocycles. The monoisotopic (exact) mass is 666 g/mol. The summed E-state index contributed by atoms with van der Waals surface area (Å²) < 4.78 is 95.1. The molecule has 0 saturated heterocycles. The Hall–Kier alpha value is -3.96. The largest absolute Gasteiger partial charge is 0.481 e. The van der Waals surface area contributed by atoms with Crippen LogP contribution in [0.1, 0.15) is 87.2 Å². The number of hydrogen-bond donors (Lipinski definition) is 2. The molecule has 47 heavy (non-hydrogen) atoms. The number of hydrogen-bond acceptors (Lipinski definition) is 4. The number of aryl methyl sites for hydroxylation is 1. The van der Waals surface area contributed by atoms with Crippen LogP contribution in [0, 0.1) is 24.1 Å². The number of carboxylic acids is 1. The SMILES string of the molecule is Cc1cc(F)ccc1-c1cc([C@H]2CC[C@H](C(C)(C)C(=O)O)CC2)ncc1NCC(=O)C(C)(C)c1cc(C(F)(F)F)cc(C(F)(F)F)c1. The number of carboxylic acid groups (broad SMARTS) is 1. The molecule has 2 N–H and O–H groups in total. The molecular weight excluding hydrogens is 629 g/mol. The Morgan fingerprint density at radius 2 is 1.38 bits per heavy atom. The van der Waals surface area contributed by atoms with Gasteiger partial charge in [-0.15, -0.1) is 0 Å². The van der Waals surface area contributed by atoms with Gasteiger partial charge >= 0.3 is 18.3 Å². The van der Waals surface area contributed by atoms with E-state index in [1.54, 1.807) is 26.8 Å². The van der Waals surface area contributed by atoms with Gasteiger partial charge < -0.3 is 10.4 Å². The molecule has 0 unspecified atom stereocenters. The molecule has 1 aliphatic carbocycles. The van der Waals surface area contributed by atoms with Crippen LogP contribution in [0.5, 0.6) is 0 Å². The second-order valence-corrected chi connectivity index (χ2v) is 13.4. The normalized spacial score (nSPS) is 17.8. The summed E-state index contributed by atoms with van der Waals surface area (Å²) in [5.74, 6) is -1.96. The van der Waals surface area contributed by atoms with Crippen LogP contribution in [0.2, 0.25) is 0 Å². The van der Waals surface area contributed by atoms with E-state index in [1.807, 2.05) is 6.07 Å². The number of benzene rings is 2. The lowest BCUT2D eigenvalue weighted by Crippen LogP contribution is -2.35. The number of anilines is 1. The molecule has 1 fully saturated rings. The Morgan fingerprint density at radius 3 is 1.89 bits per heavy atom. The first-order valence-corrected chi connectivity index (χ1v) is 15.2. The number of ketones is 1. The van der Waals surface area contributed by atoms with Gasteiger partial charge in [-0.3, -0.25) is 14.6 Å². The molecule has 12 heteroatoms. The first-order valence-electron chi connectivity index (χ1n) is 15.2. The zero-order valence-electron chi connectivity index (χ0n) is 26.7. The highest BCUT2D eigenvalue weighted by atomic mass is 19.4. The van der Waals surface area contributed by atoms with Gasteiger partial charge in [0.2, 0.25) is 0 Å². The van der Waals surface area contributed by atoms with E-state index >= 15 is 0 Å². The second-order valence-electron chi connectivity index (χ2n) is 13.4. The predicted octanol–water partition coefficient (Wildman–Crippen LogP) is 9.58. The highest BCUT2D eigenvalue weighted by molar-refractivity contribution is 5.93. The third-order valence-electron chi connectivity index (χ3n) is 9.57. The van der Waals surface area contributed by atoms with Crippen molar-refractivity contribution >= 4 is 17.4 Å². The fourth-order valence-electron chi connectivity index (χ4n) is 6.15. The molecule has 1 aliphatic rings. The minimum atomic E-state index is -5.06. The van der Waals surface area contributed by atoms with Crippen LogP contribution in [0.25, 0.3) is 11.1 Å². The van der Waals surface area contributed by atoms with E-state index in [0.717, 1.165) is 5.69 Å². The van der Waals surface area contributed by atoms with Crippen molar-refractivity contribution in [1.82, 2.24) is 4.98 Å². The minimum Gasteiger partial charge on any atom is -0.481 e. The van der Waals surface area contributed by atoms with Crippen molar-refractivity contribution in [3.05, 3.63) is 82.4 Å². The van der Waals surface area contributed by atoms with Crippen molar-refractivity contribution in [1.29, 1.82) is 0 Å². The number of carbonyl (C=O) groups is 2. The standard InChI is InChI=1S/C35H37F7N2O3/c1-19-12-25(36)10-11-26(19)27-16-28(20-6-8-21(9-7-20)33(4,5)31(46)47)43-17-29(27)44-18-30(45)32(2,3)22-13-23(34(37,38)39)15-24(14-22)35(40,41)42/h10-17,20-21,44H,6-9,18H2,1-5H3,(H,46,47)/t20-,21-. The van der Waals surface area contributed by atoms with Crippen molar-refractivity contribution < 1.29 is 45.4 Å². The fraction of sp³-hybridized carbons (Fsp3) is 0.457. The number of alkyl halides is 6. The highest BCUT2D eigenvalue weighted by Gasteiger charge is 2.41. The Kier molecular flexibility index (Phi) is 9.86. The van der Waals surface area contributed by atoms with Crippen LogP contribution in [0.4, 0.5) is 36.4 Å². The van der Waals surface area contributed by atoms with E-state index in [1.165, 1.54) is 32.2 Å². The molecule has 2 aromatic carbocycles. The van der Waals surface area contributed by atoms with Crippen molar-refractivity contribution in [3.8, 4) is 11.1 Å². The van der Waals surface area contributed by atoms with Crippen LogP contribution >= 0.6 is 0 Å². The number of aliphatic carboxylic acids is 1. The predicted molar refractivity (Wildman–Crippen MR) is 163 cm³/mol. The molecule has 5 nitrogen and oxygen atoms in total. The summed E-state index contributed by atoms with van der Waals surface area (Å²) in [6, 6.07) is 7.17. The van der Waals surface area contributed by atoms with Crippen molar-refractivity contribution in [2.45, 2.75) is 84.0 Å². The van der Waals surface area contributed by atoms with Gasteiger partial charge in [0.05, 0.1) is 40.4 Å². The van der Waals surface area contributed by atoms with Crippen molar-refractivity contribution in [2.24, 2.45) is 11.3 Å². The number of rotatable bonds is 9. The van der Waals surface area contributed by atoms with Crippen LogP contribution in [0.15, 0.2) is 48.7 Å². The van der Waals surface area contributed by atoms with Crippen molar-refractivity contribution in [2.75, 3.05) is 11.9 Å². The van der Waals surface area contributed by atoms with Crippen LogP contribution in [-0.2, 0) is 27.4 Å². The fourth-order valence-corrected chi connectivity index (χ4v) is 6.15. The number of aromatic nitrogens is 1. The van der Waals surface area contributed by atoms with Gasteiger partial charge in [0.1, 0.15) is 5.82 Å². The van der Waals surface area contributed by atoms with Crippen LogP contribution < -0.4 is 5.32 Å². The van der Waals surface area contributed by atoms with Gasteiger partial charge in [-0.05, 0) is 119 Å². The summed E-state index contributed by atoms with van der Waals surface area (Å²) in [4.78, 5) is 29.8. The lowest BCUT2D eigenvalue weighted by molar-refractivity contribution is -0.151. The van der Waals surface area contributed by atoms with Gasteiger partial charge in [-0.2, -0.15) is 26.3 Å².